The number of nitrogens with two attached hydrogens (primary N) is 1. The highest BCUT2D eigenvalue weighted by Crippen LogP contribution is 2.19. The van der Waals surface area contributed by atoms with Crippen molar-refractivity contribution in [2.45, 2.75) is 97.9 Å². The normalized spacial score (nSPS) is 15.0. The summed E-state index contributed by atoms with van der Waals surface area (Å²) in [6.07, 6.45) is 5.35. The van der Waals surface area contributed by atoms with Crippen LogP contribution in [0.15, 0.2) is 12.4 Å². The molecule has 0 bridgehead atoms. The Balaban J connectivity index is 0.000000309. The van der Waals surface area contributed by atoms with Gasteiger partial charge in [0.25, 0.3) is 0 Å². The number of hydrogen-bond donors (Lipinski definition) is 3. The first-order valence-electron chi connectivity index (χ1n) is 17.3. The van der Waals surface area contributed by atoms with Gasteiger partial charge in [-0.05, 0) is 78.8 Å². The van der Waals surface area contributed by atoms with Gasteiger partial charge in [0.1, 0.15) is 22.6 Å². The van der Waals surface area contributed by atoms with Gasteiger partial charge in [-0.3, -0.25) is 24.7 Å². The van der Waals surface area contributed by atoms with Crippen molar-refractivity contribution in [3.8, 4) is 11.8 Å². The van der Waals surface area contributed by atoms with Gasteiger partial charge >= 0.3 is 12.1 Å². The maximum absolute atomic E-state index is 12.2. The second-order valence-corrected chi connectivity index (χ2v) is 14.3. The van der Waals surface area contributed by atoms with Gasteiger partial charge < -0.3 is 39.5 Å². The zero-order valence-corrected chi connectivity index (χ0v) is 32.7. The van der Waals surface area contributed by atoms with Crippen LogP contribution in [0, 0.1) is 11.8 Å². The quantitative estimate of drug-likeness (QED) is 0.230. The number of nitrogens with zero attached hydrogens (tertiary/aromatic N) is 4. The minimum Gasteiger partial charge on any atom is -0.480 e. The molecule has 2 aromatic heterocycles. The summed E-state index contributed by atoms with van der Waals surface area (Å²) in [5.74, 6) is 0.406. The maximum Gasteiger partial charge on any atom is 0.413 e. The fourth-order valence-corrected chi connectivity index (χ4v) is 4.91. The minimum atomic E-state index is -0.630. The summed E-state index contributed by atoms with van der Waals surface area (Å²) in [4.78, 5) is 62.8. The van der Waals surface area contributed by atoms with Gasteiger partial charge in [-0.25, -0.2) is 14.8 Å². The molecule has 17 nitrogen and oxygen atoms in total. The number of rotatable bonds is 10. The molecule has 2 aromatic rings. The van der Waals surface area contributed by atoms with Gasteiger partial charge in [0.2, 0.25) is 22.9 Å². The molecule has 296 valence electrons. The predicted octanol–water partition coefficient (Wildman–Crippen LogP) is 3.88. The molecular formula is C35H54ClN7O10. The summed E-state index contributed by atoms with van der Waals surface area (Å²) in [7, 11) is 2.94. The van der Waals surface area contributed by atoms with Gasteiger partial charge in [0.05, 0.1) is 39.1 Å². The van der Waals surface area contributed by atoms with Crippen LogP contribution in [0.4, 0.5) is 10.6 Å². The average Bonchev–Trinajstić information content (AvgIpc) is 3.10. The summed E-state index contributed by atoms with van der Waals surface area (Å²) in [6.45, 7) is 13.7. The van der Waals surface area contributed by atoms with E-state index in [1.807, 2.05) is 20.8 Å². The Morgan fingerprint density at radius 3 is 1.83 bits per heavy atom. The van der Waals surface area contributed by atoms with Crippen LogP contribution in [0.1, 0.15) is 84.3 Å². The molecule has 18 heteroatoms. The zero-order valence-electron chi connectivity index (χ0n) is 31.9. The molecule has 0 radical (unpaired) electrons. The fourth-order valence-electron chi connectivity index (χ4n) is 4.70. The molecule has 2 aliphatic rings. The molecule has 0 unspecified atom stereocenters. The first-order valence-corrected chi connectivity index (χ1v) is 17.7. The van der Waals surface area contributed by atoms with E-state index in [2.05, 4.69) is 30.6 Å². The third-order valence-corrected chi connectivity index (χ3v) is 7.50. The molecular weight excluding hydrogens is 714 g/mol. The number of methoxy groups -OCH3 is 2. The Bertz CT molecular complexity index is 1490. The van der Waals surface area contributed by atoms with Crippen molar-refractivity contribution >= 4 is 40.6 Å². The lowest BCUT2D eigenvalue weighted by molar-refractivity contribution is -0.154. The summed E-state index contributed by atoms with van der Waals surface area (Å²) >= 11 is 5.26. The van der Waals surface area contributed by atoms with Crippen LogP contribution in [-0.4, -0.2) is 95.0 Å². The maximum atomic E-state index is 12.2. The second kappa shape index (κ2) is 22.1. The molecule has 0 aromatic carbocycles. The average molecular weight is 768 g/mol. The van der Waals surface area contributed by atoms with Gasteiger partial charge in [0.15, 0.2) is 5.82 Å². The van der Waals surface area contributed by atoms with Gasteiger partial charge in [-0.1, -0.05) is 0 Å². The fraction of sp³-hybridized carbons (Fsp3) is 0.657. The predicted molar refractivity (Wildman–Crippen MR) is 194 cm³/mol. The number of esters is 1. The lowest BCUT2D eigenvalue weighted by Gasteiger charge is -2.21. The number of ether oxygens (including phenoxy) is 6. The molecule has 2 aliphatic heterocycles. The van der Waals surface area contributed by atoms with Crippen molar-refractivity contribution in [1.82, 2.24) is 25.3 Å². The van der Waals surface area contributed by atoms with Crippen molar-refractivity contribution in [3.63, 3.8) is 0 Å². The highest BCUT2D eigenvalue weighted by atomic mass is 35.5. The van der Waals surface area contributed by atoms with E-state index < -0.39 is 17.3 Å². The van der Waals surface area contributed by atoms with E-state index >= 15 is 0 Å². The van der Waals surface area contributed by atoms with E-state index in [9.17, 15) is 19.2 Å². The highest BCUT2D eigenvalue weighted by molar-refractivity contribution is 6.63. The third kappa shape index (κ3) is 17.9. The molecule has 2 amide bonds. The minimum absolute atomic E-state index is 0.0342. The molecule has 2 fully saturated rings. The monoisotopic (exact) mass is 767 g/mol. The standard InChI is InChI=1S/C17H26N4O5.C12H19N3O3.C6H9ClO2/c1-17(2,3)26-16(23)21-13-10-18-12(15(20-13)24-4)9-19-14(22)11-5-7-25-8-6-11;1-12(2,3)18-10(16)5-8-7-14-9(6-13)11(15-8)17-4;7-6(8)5-1-3-9-4-2-5/h10-11H,5-9H2,1-4H3,(H,19,22)(H,20,21,23);7H,5-6,13H2,1-4H3;5H,1-4H2. The number of amides is 2. The van der Waals surface area contributed by atoms with Crippen LogP contribution >= 0.6 is 11.6 Å². The molecule has 0 saturated carbocycles. The van der Waals surface area contributed by atoms with Crippen LogP contribution in [0.2, 0.25) is 0 Å². The molecule has 2 saturated heterocycles. The van der Waals surface area contributed by atoms with E-state index in [4.69, 9.17) is 45.8 Å². The van der Waals surface area contributed by atoms with E-state index in [0.717, 1.165) is 12.8 Å². The van der Waals surface area contributed by atoms with E-state index in [-0.39, 0.29) is 60.2 Å². The molecule has 4 rings (SSSR count). The van der Waals surface area contributed by atoms with Crippen molar-refractivity contribution in [1.29, 1.82) is 0 Å². The molecule has 4 N–H and O–H groups in total. The van der Waals surface area contributed by atoms with Crippen LogP contribution < -0.4 is 25.8 Å². The summed E-state index contributed by atoms with van der Waals surface area (Å²) in [5, 5.41) is 5.14. The van der Waals surface area contributed by atoms with Crippen LogP contribution in [0.5, 0.6) is 11.8 Å². The number of carbonyl (C=O) groups is 4. The van der Waals surface area contributed by atoms with Gasteiger partial charge in [-0.15, -0.1) is 0 Å². The Hall–Kier alpha value is -4.19. The lowest BCUT2D eigenvalue weighted by atomic mass is 9.99. The number of aromatic nitrogens is 4. The van der Waals surface area contributed by atoms with E-state index in [0.29, 0.717) is 62.2 Å². The molecule has 4 heterocycles. The topological polar surface area (TPSA) is 225 Å². The lowest BCUT2D eigenvalue weighted by Crippen LogP contribution is -2.34. The van der Waals surface area contributed by atoms with Crippen molar-refractivity contribution in [3.05, 3.63) is 29.5 Å². The number of anilines is 1. The van der Waals surface area contributed by atoms with E-state index in [1.165, 1.54) is 26.6 Å². The largest absolute Gasteiger partial charge is 0.480 e. The number of nitrogens with one attached hydrogen (secondary N) is 2. The Kier molecular flexibility index (Phi) is 18.8. The molecule has 0 spiro atoms. The molecule has 0 aliphatic carbocycles. The Morgan fingerprint density at radius 2 is 1.34 bits per heavy atom. The van der Waals surface area contributed by atoms with Crippen molar-refractivity contribution < 1.29 is 47.6 Å². The van der Waals surface area contributed by atoms with Crippen molar-refractivity contribution in [2.75, 3.05) is 46.0 Å². The SMILES string of the molecule is COc1nc(CC(=O)OC(C)(C)C)cnc1CN.COc1nc(NC(=O)OC(C)(C)C)cnc1CNC(=O)C1CCOCC1.O=C(Cl)C1CCOCC1. The van der Waals surface area contributed by atoms with Crippen LogP contribution in [-0.2, 0) is 52.8 Å². The van der Waals surface area contributed by atoms with Crippen LogP contribution in [0.3, 0.4) is 0 Å². The Morgan fingerprint density at radius 1 is 0.811 bits per heavy atom. The summed E-state index contributed by atoms with van der Waals surface area (Å²) in [5.41, 5.74) is 5.90. The second-order valence-electron chi connectivity index (χ2n) is 13.9. The number of hydrogen-bond acceptors (Lipinski definition) is 15. The highest BCUT2D eigenvalue weighted by Gasteiger charge is 2.23. The number of halogens is 1. The molecule has 0 atom stereocenters. The first kappa shape index (κ1) is 45.0. The smallest absolute Gasteiger partial charge is 0.413 e. The van der Waals surface area contributed by atoms with Gasteiger partial charge in [0, 0.05) is 51.0 Å². The summed E-state index contributed by atoms with van der Waals surface area (Å²) in [6, 6.07) is 0. The Labute approximate surface area is 315 Å². The third-order valence-electron chi connectivity index (χ3n) is 7.19. The summed E-state index contributed by atoms with van der Waals surface area (Å²) < 4.78 is 30.9. The molecule has 53 heavy (non-hydrogen) atoms. The van der Waals surface area contributed by atoms with Crippen LogP contribution in [0.25, 0.3) is 0 Å². The zero-order chi connectivity index (χ0) is 39.6. The number of carbonyl (C=O) groups excluding carboxylic acids is 4. The van der Waals surface area contributed by atoms with Gasteiger partial charge in [-0.2, -0.15) is 4.98 Å². The first-order chi connectivity index (χ1) is 24.9. The van der Waals surface area contributed by atoms with E-state index in [1.54, 1.807) is 20.8 Å². The van der Waals surface area contributed by atoms with Crippen molar-refractivity contribution in [2.24, 2.45) is 17.6 Å².